The molecule has 0 fully saturated rings. The van der Waals surface area contributed by atoms with Crippen molar-refractivity contribution in [1.29, 1.82) is 0 Å². The average Bonchev–Trinajstić information content (AvgIpc) is 2.76. The molecule has 0 radical (unpaired) electrons. The zero-order chi connectivity index (χ0) is 15.1. The second-order valence-electron chi connectivity index (χ2n) is 5.37. The van der Waals surface area contributed by atoms with Crippen LogP contribution >= 0.6 is 0 Å². The molecule has 0 aliphatic heterocycles. The Hall–Kier alpha value is -1.65. The Morgan fingerprint density at radius 2 is 2.14 bits per heavy atom. The molecule has 0 aromatic rings. The molecule has 2 aliphatic carbocycles. The third-order valence-electron chi connectivity index (χ3n) is 3.69. The number of methoxy groups -OCH3 is 1. The van der Waals surface area contributed by atoms with Gasteiger partial charge in [0.1, 0.15) is 0 Å². The standard InChI is InChI=1S/C17H24N2O2/c1-19(13-14-9-11-16(21-2)12-10-14)17(20)18-15-7-5-3-4-6-8-15/h3-5,7,9,11,17,20H,6,8,10,12-13H2,1-2H3. The molecule has 4 nitrogen and oxygen atoms in total. The largest absolute Gasteiger partial charge is 0.501 e. The molecule has 0 saturated carbocycles. The molecular weight excluding hydrogens is 264 g/mol. The molecule has 0 aromatic heterocycles. The summed E-state index contributed by atoms with van der Waals surface area (Å²) < 4.78 is 5.22. The molecule has 1 unspecified atom stereocenters. The Labute approximate surface area is 126 Å². The van der Waals surface area contributed by atoms with Gasteiger partial charge in [0.25, 0.3) is 0 Å². The highest BCUT2D eigenvalue weighted by atomic mass is 16.5. The summed E-state index contributed by atoms with van der Waals surface area (Å²) in [5.41, 5.74) is 2.23. The highest BCUT2D eigenvalue weighted by Gasteiger charge is 2.14. The van der Waals surface area contributed by atoms with Crippen molar-refractivity contribution in [2.24, 2.45) is 4.99 Å². The van der Waals surface area contributed by atoms with E-state index in [1.165, 1.54) is 5.57 Å². The number of likely N-dealkylation sites (N-methyl/N-ethyl adjacent to an activating group) is 1. The van der Waals surface area contributed by atoms with Crippen LogP contribution in [0.15, 0.2) is 52.8 Å². The van der Waals surface area contributed by atoms with Gasteiger partial charge in [-0.3, -0.25) is 4.90 Å². The smallest absolute Gasteiger partial charge is 0.204 e. The Morgan fingerprint density at radius 3 is 2.86 bits per heavy atom. The maximum Gasteiger partial charge on any atom is 0.204 e. The molecule has 0 bridgehead atoms. The molecule has 1 N–H and O–H groups in total. The minimum absolute atomic E-state index is 0.716. The van der Waals surface area contributed by atoms with Gasteiger partial charge in [-0.05, 0) is 38.5 Å². The molecule has 2 aliphatic rings. The Morgan fingerprint density at radius 1 is 1.29 bits per heavy atom. The number of hydrogen-bond donors (Lipinski definition) is 1. The summed E-state index contributed by atoms with van der Waals surface area (Å²) in [5, 5.41) is 10.2. The fraction of sp³-hybridized carbons (Fsp3) is 0.471. The number of nitrogens with zero attached hydrogens (tertiary/aromatic N) is 2. The van der Waals surface area contributed by atoms with Crippen LogP contribution in [-0.2, 0) is 4.74 Å². The zero-order valence-electron chi connectivity index (χ0n) is 12.8. The first-order valence-electron chi connectivity index (χ1n) is 7.40. The van der Waals surface area contributed by atoms with Gasteiger partial charge < -0.3 is 9.84 Å². The second kappa shape index (κ2) is 7.96. The fourth-order valence-corrected chi connectivity index (χ4v) is 2.38. The van der Waals surface area contributed by atoms with E-state index in [2.05, 4.69) is 17.1 Å². The maximum absolute atomic E-state index is 10.2. The lowest BCUT2D eigenvalue weighted by atomic mass is 10.0. The van der Waals surface area contributed by atoms with E-state index in [1.54, 1.807) is 7.11 Å². The van der Waals surface area contributed by atoms with E-state index >= 15 is 0 Å². The quantitative estimate of drug-likeness (QED) is 0.791. The molecule has 0 aromatic carbocycles. The van der Waals surface area contributed by atoms with E-state index in [0.29, 0.717) is 6.54 Å². The van der Waals surface area contributed by atoms with Crippen molar-refractivity contribution < 1.29 is 9.84 Å². The highest BCUT2D eigenvalue weighted by molar-refractivity contribution is 5.95. The van der Waals surface area contributed by atoms with Gasteiger partial charge in [-0.25, -0.2) is 4.99 Å². The Bertz CT molecular complexity index is 501. The van der Waals surface area contributed by atoms with E-state index in [-0.39, 0.29) is 0 Å². The topological polar surface area (TPSA) is 45.1 Å². The van der Waals surface area contributed by atoms with E-state index in [1.807, 2.05) is 36.3 Å². The molecule has 0 spiro atoms. The van der Waals surface area contributed by atoms with Gasteiger partial charge in [0.05, 0.1) is 12.9 Å². The normalized spacial score (nSPS) is 22.0. The number of hydrogen-bond acceptors (Lipinski definition) is 4. The van der Waals surface area contributed by atoms with Crippen molar-refractivity contribution in [2.75, 3.05) is 20.7 Å². The minimum Gasteiger partial charge on any atom is -0.501 e. The molecule has 0 heterocycles. The predicted octanol–water partition coefficient (Wildman–Crippen LogP) is 2.79. The number of aliphatic hydroxyl groups excluding tert-OH is 1. The van der Waals surface area contributed by atoms with Gasteiger partial charge in [0.2, 0.25) is 6.35 Å². The van der Waals surface area contributed by atoms with Crippen LogP contribution in [0.5, 0.6) is 0 Å². The number of allylic oxidation sites excluding steroid dienone is 7. The van der Waals surface area contributed by atoms with Crippen molar-refractivity contribution >= 4 is 5.71 Å². The van der Waals surface area contributed by atoms with Crippen LogP contribution in [0, 0.1) is 0 Å². The molecule has 0 amide bonds. The summed E-state index contributed by atoms with van der Waals surface area (Å²) in [4.78, 5) is 6.25. The summed E-state index contributed by atoms with van der Waals surface area (Å²) in [6, 6.07) is 0. The van der Waals surface area contributed by atoms with E-state index in [0.717, 1.165) is 37.2 Å². The minimum atomic E-state index is -0.795. The van der Waals surface area contributed by atoms with Crippen molar-refractivity contribution in [2.45, 2.75) is 32.0 Å². The lowest BCUT2D eigenvalue weighted by molar-refractivity contribution is 0.0361. The number of aliphatic hydroxyl groups is 1. The first-order chi connectivity index (χ1) is 10.2. The van der Waals surface area contributed by atoms with Gasteiger partial charge in [-0.15, -0.1) is 0 Å². The molecule has 1 atom stereocenters. The average molecular weight is 288 g/mol. The van der Waals surface area contributed by atoms with Gasteiger partial charge in [-0.1, -0.05) is 29.9 Å². The predicted molar refractivity (Wildman–Crippen MR) is 86.0 cm³/mol. The number of aliphatic imine (C=N–C) groups is 1. The fourth-order valence-electron chi connectivity index (χ4n) is 2.38. The van der Waals surface area contributed by atoms with Crippen LogP contribution in [0.3, 0.4) is 0 Å². The van der Waals surface area contributed by atoms with Gasteiger partial charge in [0.15, 0.2) is 0 Å². The van der Waals surface area contributed by atoms with Gasteiger partial charge >= 0.3 is 0 Å². The van der Waals surface area contributed by atoms with Crippen LogP contribution < -0.4 is 0 Å². The first-order valence-corrected chi connectivity index (χ1v) is 7.40. The molecule has 4 heteroatoms. The molecular formula is C17H24N2O2. The molecule has 21 heavy (non-hydrogen) atoms. The lowest BCUT2D eigenvalue weighted by Gasteiger charge is -2.23. The number of ether oxygens (including phenoxy) is 1. The van der Waals surface area contributed by atoms with E-state index in [4.69, 9.17) is 4.74 Å². The number of rotatable bonds is 5. The second-order valence-corrected chi connectivity index (χ2v) is 5.37. The third-order valence-corrected chi connectivity index (χ3v) is 3.69. The molecule has 114 valence electrons. The molecule has 0 saturated heterocycles. The Kier molecular flexibility index (Phi) is 5.96. The van der Waals surface area contributed by atoms with Crippen molar-refractivity contribution in [3.8, 4) is 0 Å². The van der Waals surface area contributed by atoms with Crippen LogP contribution in [0.4, 0.5) is 0 Å². The highest BCUT2D eigenvalue weighted by Crippen LogP contribution is 2.19. The zero-order valence-corrected chi connectivity index (χ0v) is 12.8. The molecule has 2 rings (SSSR count). The van der Waals surface area contributed by atoms with Crippen molar-refractivity contribution in [3.05, 3.63) is 47.8 Å². The monoisotopic (exact) mass is 288 g/mol. The lowest BCUT2D eigenvalue weighted by Crippen LogP contribution is -2.32. The van der Waals surface area contributed by atoms with Crippen LogP contribution in [-0.4, -0.2) is 42.8 Å². The van der Waals surface area contributed by atoms with Crippen LogP contribution in [0.25, 0.3) is 0 Å². The van der Waals surface area contributed by atoms with Gasteiger partial charge in [0, 0.05) is 18.7 Å². The van der Waals surface area contributed by atoms with Crippen molar-refractivity contribution in [3.63, 3.8) is 0 Å². The first kappa shape index (κ1) is 15.7. The summed E-state index contributed by atoms with van der Waals surface area (Å²) in [7, 11) is 3.59. The summed E-state index contributed by atoms with van der Waals surface area (Å²) in [5.74, 6) is 1.01. The summed E-state index contributed by atoms with van der Waals surface area (Å²) in [6.45, 7) is 0.716. The van der Waals surface area contributed by atoms with Gasteiger partial charge in [-0.2, -0.15) is 0 Å². The SMILES string of the molecule is COC1=CC=C(CN(C)C(O)N=C2C=CC=CCC2)CC1. The maximum atomic E-state index is 10.2. The van der Waals surface area contributed by atoms with E-state index in [9.17, 15) is 5.11 Å². The summed E-state index contributed by atoms with van der Waals surface area (Å²) >= 11 is 0. The van der Waals surface area contributed by atoms with Crippen molar-refractivity contribution in [1.82, 2.24) is 4.90 Å². The van der Waals surface area contributed by atoms with E-state index < -0.39 is 6.35 Å². The van der Waals surface area contributed by atoms with Crippen LogP contribution in [0.2, 0.25) is 0 Å². The third kappa shape index (κ3) is 4.99. The van der Waals surface area contributed by atoms with Crippen LogP contribution in [0.1, 0.15) is 25.7 Å². The summed E-state index contributed by atoms with van der Waals surface area (Å²) in [6.07, 6.45) is 15.1. The Balaban J connectivity index is 1.91.